The molecule has 0 N–H and O–H groups in total. The van der Waals surface area contributed by atoms with Crippen LogP contribution in [0.1, 0.15) is 5.69 Å². The summed E-state index contributed by atoms with van der Waals surface area (Å²) in [7, 11) is 0. The molecular weight excluding hydrogens is 321 g/mol. The number of halogens is 2. The number of aromatic nitrogens is 3. The lowest BCUT2D eigenvalue weighted by molar-refractivity contribution is 0.419. The third kappa shape index (κ3) is 2.49. The Morgan fingerprint density at radius 2 is 2.25 bits per heavy atom. The van der Waals surface area contributed by atoms with Gasteiger partial charge in [-0.3, -0.25) is 4.79 Å². The van der Waals surface area contributed by atoms with Crippen LogP contribution in [0.3, 0.4) is 0 Å². The minimum Gasteiger partial charge on any atom is -0.355 e. The summed E-state index contributed by atoms with van der Waals surface area (Å²) < 4.78 is 6.42. The first-order chi connectivity index (χ1) is 9.65. The molecule has 8 heteroatoms. The number of nitrogens with zero attached hydrogens (tertiary/aromatic N) is 3. The van der Waals surface area contributed by atoms with Gasteiger partial charge in [-0.05, 0) is 11.4 Å². The molecule has 0 atom stereocenters. The summed E-state index contributed by atoms with van der Waals surface area (Å²) >= 11 is 13.1. The lowest BCUT2D eigenvalue weighted by Crippen LogP contribution is -2.23. The SMILES string of the molecule is O=c1c(Cl)c(Cl)cnn1Cc1cc(-c2cccs2)on1. The van der Waals surface area contributed by atoms with E-state index in [-0.39, 0.29) is 16.6 Å². The monoisotopic (exact) mass is 327 g/mol. The minimum absolute atomic E-state index is 0.0522. The van der Waals surface area contributed by atoms with Gasteiger partial charge in [0.2, 0.25) is 0 Å². The van der Waals surface area contributed by atoms with E-state index in [2.05, 4.69) is 10.3 Å². The highest BCUT2D eigenvalue weighted by Gasteiger charge is 2.11. The Labute approximate surface area is 127 Å². The molecule has 0 fully saturated rings. The molecule has 0 aliphatic heterocycles. The Hall–Kier alpha value is -1.63. The molecule has 0 aliphatic carbocycles. The Morgan fingerprint density at radius 1 is 1.40 bits per heavy atom. The summed E-state index contributed by atoms with van der Waals surface area (Å²) in [6.45, 7) is 0.171. The van der Waals surface area contributed by atoms with Gasteiger partial charge in [-0.25, -0.2) is 4.68 Å². The Kier molecular flexibility index (Phi) is 3.60. The molecule has 5 nitrogen and oxygen atoms in total. The lowest BCUT2D eigenvalue weighted by Gasteiger charge is -2.02. The van der Waals surface area contributed by atoms with Crippen LogP contribution in [0.2, 0.25) is 10.0 Å². The van der Waals surface area contributed by atoms with Gasteiger partial charge >= 0.3 is 0 Å². The van der Waals surface area contributed by atoms with Gasteiger partial charge in [-0.2, -0.15) is 5.10 Å². The first-order valence-electron chi connectivity index (χ1n) is 5.56. The first kappa shape index (κ1) is 13.4. The van der Waals surface area contributed by atoms with Crippen molar-refractivity contribution >= 4 is 34.5 Å². The topological polar surface area (TPSA) is 60.9 Å². The molecule has 0 bridgehead atoms. The van der Waals surface area contributed by atoms with Crippen LogP contribution in [0.15, 0.2) is 39.1 Å². The molecule has 0 spiro atoms. The van der Waals surface area contributed by atoms with Crippen molar-refractivity contribution in [2.24, 2.45) is 0 Å². The van der Waals surface area contributed by atoms with Crippen LogP contribution < -0.4 is 5.56 Å². The van der Waals surface area contributed by atoms with Crippen molar-refractivity contribution in [3.05, 3.63) is 55.9 Å². The second kappa shape index (κ2) is 5.40. The second-order valence-corrected chi connectivity index (χ2v) is 5.66. The van der Waals surface area contributed by atoms with E-state index in [1.807, 2.05) is 17.5 Å². The zero-order valence-corrected chi connectivity index (χ0v) is 12.2. The average Bonchev–Trinajstić information content (AvgIpc) is 3.10. The van der Waals surface area contributed by atoms with Crippen molar-refractivity contribution in [2.75, 3.05) is 0 Å². The molecule has 0 unspecified atom stereocenters. The smallest absolute Gasteiger partial charge is 0.287 e. The van der Waals surface area contributed by atoms with Crippen molar-refractivity contribution in [3.8, 4) is 10.6 Å². The van der Waals surface area contributed by atoms with Crippen LogP contribution in [-0.4, -0.2) is 14.9 Å². The predicted molar refractivity (Wildman–Crippen MR) is 77.4 cm³/mol. The maximum absolute atomic E-state index is 11.9. The maximum atomic E-state index is 11.9. The van der Waals surface area contributed by atoms with Crippen LogP contribution in [0.4, 0.5) is 0 Å². The summed E-state index contributed by atoms with van der Waals surface area (Å²) in [6, 6.07) is 5.62. The van der Waals surface area contributed by atoms with E-state index in [0.717, 1.165) is 4.88 Å². The number of hydrogen-bond acceptors (Lipinski definition) is 5. The number of thiophene rings is 1. The molecule has 102 valence electrons. The Bertz CT molecular complexity index is 795. The number of rotatable bonds is 3. The standard InChI is InChI=1S/C12H7Cl2N3O2S/c13-8-5-15-17(12(18)11(8)14)6-7-4-9(19-16-7)10-2-1-3-20-10/h1-5H,6H2. The Balaban J connectivity index is 1.89. The van der Waals surface area contributed by atoms with E-state index >= 15 is 0 Å². The third-order valence-electron chi connectivity index (χ3n) is 2.58. The average molecular weight is 328 g/mol. The molecule has 0 saturated heterocycles. The van der Waals surface area contributed by atoms with Gasteiger partial charge in [0.15, 0.2) is 5.76 Å². The van der Waals surface area contributed by atoms with Gasteiger partial charge in [0, 0.05) is 6.07 Å². The first-order valence-corrected chi connectivity index (χ1v) is 7.19. The summed E-state index contributed by atoms with van der Waals surface area (Å²) in [5.74, 6) is 0.656. The van der Waals surface area contributed by atoms with E-state index in [4.69, 9.17) is 27.7 Å². The van der Waals surface area contributed by atoms with Crippen molar-refractivity contribution < 1.29 is 4.52 Å². The highest BCUT2D eigenvalue weighted by atomic mass is 35.5. The largest absolute Gasteiger partial charge is 0.355 e. The molecule has 0 radical (unpaired) electrons. The molecule has 0 aliphatic rings. The van der Waals surface area contributed by atoms with Crippen molar-refractivity contribution in [3.63, 3.8) is 0 Å². The van der Waals surface area contributed by atoms with Crippen molar-refractivity contribution in [1.82, 2.24) is 14.9 Å². The maximum Gasteiger partial charge on any atom is 0.287 e. The molecule has 3 aromatic rings. The van der Waals surface area contributed by atoms with E-state index < -0.39 is 5.56 Å². The lowest BCUT2D eigenvalue weighted by atomic mass is 10.3. The highest BCUT2D eigenvalue weighted by Crippen LogP contribution is 2.25. The molecule has 0 amide bonds. The molecule has 3 heterocycles. The Morgan fingerprint density at radius 3 is 3.00 bits per heavy atom. The van der Waals surface area contributed by atoms with Crippen LogP contribution in [0.25, 0.3) is 10.6 Å². The summed E-state index contributed by atoms with van der Waals surface area (Å²) in [4.78, 5) is 12.8. The number of hydrogen-bond donors (Lipinski definition) is 0. The third-order valence-corrected chi connectivity index (χ3v) is 4.21. The van der Waals surface area contributed by atoms with Crippen LogP contribution >= 0.6 is 34.5 Å². The second-order valence-electron chi connectivity index (χ2n) is 3.93. The van der Waals surface area contributed by atoms with Gasteiger partial charge in [0.05, 0.1) is 22.6 Å². The van der Waals surface area contributed by atoms with Crippen LogP contribution in [0.5, 0.6) is 0 Å². The van der Waals surface area contributed by atoms with E-state index in [0.29, 0.717) is 11.5 Å². The molecule has 20 heavy (non-hydrogen) atoms. The van der Waals surface area contributed by atoms with Gasteiger partial charge in [0.25, 0.3) is 5.56 Å². The molecule has 3 aromatic heterocycles. The van der Waals surface area contributed by atoms with E-state index in [1.54, 1.807) is 17.4 Å². The van der Waals surface area contributed by atoms with Crippen LogP contribution in [-0.2, 0) is 6.54 Å². The van der Waals surface area contributed by atoms with Gasteiger partial charge in [-0.1, -0.05) is 34.4 Å². The quantitative estimate of drug-likeness (QED) is 0.740. The molecular formula is C12H7Cl2N3O2S. The van der Waals surface area contributed by atoms with Gasteiger partial charge < -0.3 is 4.52 Å². The van der Waals surface area contributed by atoms with Gasteiger partial charge in [-0.15, -0.1) is 11.3 Å². The minimum atomic E-state index is -0.458. The van der Waals surface area contributed by atoms with Crippen molar-refractivity contribution in [2.45, 2.75) is 6.54 Å². The zero-order valence-electron chi connectivity index (χ0n) is 9.92. The predicted octanol–water partition coefficient (Wildman–Crippen LogP) is 3.31. The summed E-state index contributed by atoms with van der Waals surface area (Å²) in [5, 5.41) is 9.86. The van der Waals surface area contributed by atoms with Crippen LogP contribution in [0, 0.1) is 0 Å². The fourth-order valence-electron chi connectivity index (χ4n) is 1.63. The van der Waals surface area contributed by atoms with Crippen molar-refractivity contribution in [1.29, 1.82) is 0 Å². The molecule has 3 rings (SSSR count). The molecule has 0 aromatic carbocycles. The van der Waals surface area contributed by atoms with Gasteiger partial charge in [0.1, 0.15) is 10.7 Å². The zero-order chi connectivity index (χ0) is 14.1. The highest BCUT2D eigenvalue weighted by molar-refractivity contribution is 7.13. The fourth-order valence-corrected chi connectivity index (χ4v) is 2.58. The van der Waals surface area contributed by atoms with E-state index in [9.17, 15) is 4.79 Å². The molecule has 0 saturated carbocycles. The normalized spacial score (nSPS) is 10.9. The van der Waals surface area contributed by atoms with E-state index in [1.165, 1.54) is 10.9 Å². The summed E-state index contributed by atoms with van der Waals surface area (Å²) in [5.41, 5.74) is 0.126. The summed E-state index contributed by atoms with van der Waals surface area (Å²) in [6.07, 6.45) is 1.32. The fraction of sp³-hybridized carbons (Fsp3) is 0.0833.